The van der Waals surface area contributed by atoms with E-state index in [0.29, 0.717) is 37.2 Å². The molecule has 3 aromatic rings. The monoisotopic (exact) mass is 476 g/mol. The molecular formula is C28H29FN2O4. The fourth-order valence-corrected chi connectivity index (χ4v) is 4.75. The first kappa shape index (κ1) is 24.6. The Kier molecular flexibility index (Phi) is 7.96. The molecule has 182 valence electrons. The number of aliphatic hydroxyl groups is 1. The predicted molar refractivity (Wildman–Crippen MR) is 131 cm³/mol. The zero-order valence-corrected chi connectivity index (χ0v) is 19.7. The summed E-state index contributed by atoms with van der Waals surface area (Å²) in [4.78, 5) is 18.4. The number of hydrogen-bond acceptors (Lipinski definition) is 5. The van der Waals surface area contributed by atoms with Crippen LogP contribution in [-0.2, 0) is 4.79 Å². The van der Waals surface area contributed by atoms with E-state index in [1.807, 2.05) is 23.1 Å². The zero-order chi connectivity index (χ0) is 24.8. The average molecular weight is 477 g/mol. The maximum atomic E-state index is 13.3. The third-order valence-electron chi connectivity index (χ3n) is 6.67. The maximum absolute atomic E-state index is 13.3. The first-order chi connectivity index (χ1) is 16.9. The summed E-state index contributed by atoms with van der Waals surface area (Å²) < 4.78 is 18.6. The Morgan fingerprint density at radius 3 is 2.91 bits per heavy atom. The van der Waals surface area contributed by atoms with Gasteiger partial charge in [0.2, 0.25) is 0 Å². The van der Waals surface area contributed by atoms with Crippen molar-refractivity contribution in [3.8, 4) is 17.6 Å². The topological polar surface area (TPSA) is 82.9 Å². The van der Waals surface area contributed by atoms with Crippen LogP contribution < -0.4 is 4.74 Å². The zero-order valence-electron chi connectivity index (χ0n) is 19.7. The lowest BCUT2D eigenvalue weighted by atomic mass is 9.81. The van der Waals surface area contributed by atoms with Crippen molar-refractivity contribution in [1.29, 1.82) is 0 Å². The third kappa shape index (κ3) is 6.16. The van der Waals surface area contributed by atoms with Crippen LogP contribution in [0.3, 0.4) is 0 Å². The second-order valence-corrected chi connectivity index (χ2v) is 8.92. The van der Waals surface area contributed by atoms with E-state index in [9.17, 15) is 19.4 Å². The van der Waals surface area contributed by atoms with Gasteiger partial charge in [0, 0.05) is 23.7 Å². The molecule has 4 rings (SSSR count). The number of carboxylic acid groups (broad SMARTS) is 1. The van der Waals surface area contributed by atoms with Crippen molar-refractivity contribution in [2.75, 3.05) is 26.7 Å². The number of aliphatic carboxylic acids is 1. The highest BCUT2D eigenvalue weighted by Gasteiger charge is 2.34. The Morgan fingerprint density at radius 2 is 2.14 bits per heavy atom. The molecule has 0 spiro atoms. The van der Waals surface area contributed by atoms with Crippen molar-refractivity contribution in [2.24, 2.45) is 11.8 Å². The van der Waals surface area contributed by atoms with Crippen molar-refractivity contribution >= 4 is 16.9 Å². The normalized spacial score (nSPS) is 19.1. The highest BCUT2D eigenvalue weighted by atomic mass is 19.1. The van der Waals surface area contributed by atoms with Gasteiger partial charge in [0.15, 0.2) is 0 Å². The molecule has 2 N–H and O–H groups in total. The fourth-order valence-electron chi connectivity index (χ4n) is 4.75. The van der Waals surface area contributed by atoms with E-state index in [1.54, 1.807) is 31.5 Å². The minimum Gasteiger partial charge on any atom is -0.497 e. The van der Waals surface area contributed by atoms with Crippen LogP contribution in [0.15, 0.2) is 54.7 Å². The number of ether oxygens (including phenoxy) is 1. The first-order valence-corrected chi connectivity index (χ1v) is 11.7. The Labute approximate surface area is 204 Å². The van der Waals surface area contributed by atoms with Crippen LogP contribution in [0.1, 0.15) is 36.5 Å². The molecule has 1 aliphatic heterocycles. The Balaban J connectivity index is 1.38. The summed E-state index contributed by atoms with van der Waals surface area (Å²) in [6, 6.07) is 13.5. The number of carboxylic acids is 1. The van der Waals surface area contributed by atoms with E-state index in [1.165, 1.54) is 12.1 Å². The Bertz CT molecular complexity index is 1250. The number of fused-ring (bicyclic) bond motifs is 1. The van der Waals surface area contributed by atoms with Gasteiger partial charge in [-0.3, -0.25) is 14.7 Å². The second-order valence-electron chi connectivity index (χ2n) is 8.92. The summed E-state index contributed by atoms with van der Waals surface area (Å²) in [5, 5.41) is 21.6. The number of nitrogens with zero attached hydrogens (tertiary/aromatic N) is 2. The summed E-state index contributed by atoms with van der Waals surface area (Å²) in [5.74, 6) is 4.95. The SMILES string of the molecule is COc1ccc2nccc(C(O)CC[C@@H]3CCN(CC#Cc4cccc(F)c4)C[C@@H]3C(=O)O)c2c1. The molecule has 1 fully saturated rings. The molecule has 0 radical (unpaired) electrons. The van der Waals surface area contributed by atoms with Crippen LogP contribution in [0.2, 0.25) is 0 Å². The van der Waals surface area contributed by atoms with Gasteiger partial charge in [-0.05, 0) is 79.8 Å². The standard InChI is InChI=1S/C28H29FN2O4/c1-35-22-8-9-26-24(17-22)23(11-13-30-26)27(32)10-7-20-12-15-31(18-25(20)28(33)34)14-3-5-19-4-2-6-21(29)16-19/h2,4,6,8-9,11,13,16-17,20,25,27,32H,7,10,12,14-15,18H2,1H3,(H,33,34)/t20-,25+,27?/m1/s1. The number of halogens is 1. The summed E-state index contributed by atoms with van der Waals surface area (Å²) in [6.07, 6.45) is 2.74. The summed E-state index contributed by atoms with van der Waals surface area (Å²) in [7, 11) is 1.60. The molecular weight excluding hydrogens is 447 g/mol. The molecule has 1 aromatic heterocycles. The number of piperidine rings is 1. The van der Waals surface area contributed by atoms with Gasteiger partial charge in [0.05, 0.1) is 31.2 Å². The van der Waals surface area contributed by atoms with Crippen LogP contribution >= 0.6 is 0 Å². The number of aromatic nitrogens is 1. The number of hydrogen-bond donors (Lipinski definition) is 2. The number of benzene rings is 2. The van der Waals surface area contributed by atoms with Gasteiger partial charge >= 0.3 is 5.97 Å². The van der Waals surface area contributed by atoms with Crippen LogP contribution in [0.4, 0.5) is 4.39 Å². The number of rotatable bonds is 7. The van der Waals surface area contributed by atoms with E-state index in [-0.39, 0.29) is 11.7 Å². The lowest BCUT2D eigenvalue weighted by Crippen LogP contribution is -2.44. The maximum Gasteiger partial charge on any atom is 0.308 e. The predicted octanol–water partition coefficient (Wildman–Crippen LogP) is 4.27. The Hall–Kier alpha value is -3.47. The van der Waals surface area contributed by atoms with Crippen LogP contribution in [0.5, 0.6) is 5.75 Å². The van der Waals surface area contributed by atoms with Crippen LogP contribution in [-0.4, -0.2) is 52.8 Å². The van der Waals surface area contributed by atoms with E-state index >= 15 is 0 Å². The molecule has 35 heavy (non-hydrogen) atoms. The number of methoxy groups -OCH3 is 1. The van der Waals surface area contributed by atoms with Gasteiger partial charge in [-0.2, -0.15) is 0 Å². The molecule has 0 amide bonds. The van der Waals surface area contributed by atoms with E-state index < -0.39 is 18.0 Å². The van der Waals surface area contributed by atoms with Crippen molar-refractivity contribution in [2.45, 2.75) is 25.4 Å². The summed E-state index contributed by atoms with van der Waals surface area (Å²) in [5.41, 5.74) is 2.15. The van der Waals surface area contributed by atoms with Gasteiger partial charge in [-0.1, -0.05) is 17.9 Å². The number of aliphatic hydroxyl groups excluding tert-OH is 1. The second kappa shape index (κ2) is 11.3. The quantitative estimate of drug-likeness (QED) is 0.496. The van der Waals surface area contributed by atoms with E-state index in [2.05, 4.69) is 16.8 Å². The molecule has 1 saturated heterocycles. The van der Waals surface area contributed by atoms with Gasteiger partial charge in [0.25, 0.3) is 0 Å². The fraction of sp³-hybridized carbons (Fsp3) is 0.357. The summed E-state index contributed by atoms with van der Waals surface area (Å²) in [6.45, 7) is 1.57. The van der Waals surface area contributed by atoms with Crippen LogP contribution in [0.25, 0.3) is 10.9 Å². The average Bonchev–Trinajstić information content (AvgIpc) is 2.87. The number of likely N-dealkylation sites (tertiary alicyclic amines) is 1. The smallest absolute Gasteiger partial charge is 0.308 e. The molecule has 0 aliphatic carbocycles. The lowest BCUT2D eigenvalue weighted by Gasteiger charge is -2.36. The van der Waals surface area contributed by atoms with Gasteiger partial charge in [-0.15, -0.1) is 0 Å². The Morgan fingerprint density at radius 1 is 1.29 bits per heavy atom. The van der Waals surface area contributed by atoms with Crippen molar-refractivity contribution in [3.63, 3.8) is 0 Å². The number of pyridine rings is 1. The molecule has 0 bridgehead atoms. The van der Waals surface area contributed by atoms with E-state index in [4.69, 9.17) is 4.74 Å². The molecule has 2 aromatic carbocycles. The van der Waals surface area contributed by atoms with Gasteiger partial charge in [0.1, 0.15) is 11.6 Å². The van der Waals surface area contributed by atoms with Gasteiger partial charge in [-0.25, -0.2) is 4.39 Å². The molecule has 1 aliphatic rings. The van der Waals surface area contributed by atoms with Crippen molar-refractivity contribution in [3.05, 3.63) is 71.7 Å². The lowest BCUT2D eigenvalue weighted by molar-refractivity contribution is -0.146. The van der Waals surface area contributed by atoms with Crippen molar-refractivity contribution < 1.29 is 24.1 Å². The minimum atomic E-state index is -0.827. The first-order valence-electron chi connectivity index (χ1n) is 11.7. The van der Waals surface area contributed by atoms with Crippen molar-refractivity contribution in [1.82, 2.24) is 9.88 Å². The molecule has 3 atom stereocenters. The molecule has 2 heterocycles. The summed E-state index contributed by atoms with van der Waals surface area (Å²) >= 11 is 0. The third-order valence-corrected chi connectivity index (χ3v) is 6.67. The van der Waals surface area contributed by atoms with E-state index in [0.717, 1.165) is 29.4 Å². The van der Waals surface area contributed by atoms with Gasteiger partial charge < -0.3 is 14.9 Å². The molecule has 1 unspecified atom stereocenters. The minimum absolute atomic E-state index is 0.0304. The van der Waals surface area contributed by atoms with Crippen LogP contribution in [0, 0.1) is 29.5 Å². The highest BCUT2D eigenvalue weighted by Crippen LogP contribution is 2.33. The number of carbonyl (C=O) groups is 1. The largest absolute Gasteiger partial charge is 0.497 e. The highest BCUT2D eigenvalue weighted by molar-refractivity contribution is 5.83. The molecule has 6 nitrogen and oxygen atoms in total. The molecule has 0 saturated carbocycles. The molecule has 7 heteroatoms.